The van der Waals surface area contributed by atoms with Gasteiger partial charge < -0.3 is 14.4 Å². The number of nitrogens with zero attached hydrogens (tertiary/aromatic N) is 5. The molecule has 9 heteroatoms. The maximum Gasteiger partial charge on any atom is 0.273 e. The average molecular weight is 450 g/mol. The van der Waals surface area contributed by atoms with Crippen molar-refractivity contribution in [1.29, 1.82) is 0 Å². The van der Waals surface area contributed by atoms with E-state index >= 15 is 0 Å². The molecule has 32 heavy (non-hydrogen) atoms. The Morgan fingerprint density at radius 2 is 1.84 bits per heavy atom. The lowest BCUT2D eigenvalue weighted by Crippen LogP contribution is -2.29. The van der Waals surface area contributed by atoms with Gasteiger partial charge >= 0.3 is 0 Å². The van der Waals surface area contributed by atoms with E-state index in [-0.39, 0.29) is 11.9 Å². The van der Waals surface area contributed by atoms with Crippen LogP contribution in [-0.2, 0) is 0 Å². The Balaban J connectivity index is 1.50. The summed E-state index contributed by atoms with van der Waals surface area (Å²) in [6.45, 7) is 1.99. The molecule has 0 aliphatic rings. The van der Waals surface area contributed by atoms with Crippen LogP contribution in [0.25, 0.3) is 16.3 Å². The maximum atomic E-state index is 13.1. The predicted molar refractivity (Wildman–Crippen MR) is 123 cm³/mol. The zero-order valence-corrected chi connectivity index (χ0v) is 19.0. The third-order valence-electron chi connectivity index (χ3n) is 5.31. The van der Waals surface area contributed by atoms with Gasteiger partial charge in [0.2, 0.25) is 0 Å². The Hall–Kier alpha value is -3.72. The second kappa shape index (κ2) is 9.19. The number of ether oxygens (including phenoxy) is 2. The maximum absolute atomic E-state index is 13.1. The fraction of sp³-hybridized carbons (Fsp3) is 0.217. The standard InChI is InChI=1S/C23H23N5O3S/c1-15(16-5-8-18(9-6-16)28-14-24-13-25-28)27(2)23(29)19-12-32-22(26-19)17-7-10-20(30-3)21(11-17)31-4/h5-15H,1-4H3/t15-/m0/s1. The molecule has 8 nitrogen and oxygen atoms in total. The van der Waals surface area contributed by atoms with E-state index in [0.29, 0.717) is 17.2 Å². The summed E-state index contributed by atoms with van der Waals surface area (Å²) < 4.78 is 12.3. The molecule has 4 aromatic rings. The summed E-state index contributed by atoms with van der Waals surface area (Å²) in [4.78, 5) is 23.3. The van der Waals surface area contributed by atoms with E-state index in [9.17, 15) is 4.79 Å². The van der Waals surface area contributed by atoms with Crippen LogP contribution in [0.5, 0.6) is 11.5 Å². The lowest BCUT2D eigenvalue weighted by Gasteiger charge is -2.24. The van der Waals surface area contributed by atoms with Gasteiger partial charge in [0.15, 0.2) is 11.5 Å². The van der Waals surface area contributed by atoms with Gasteiger partial charge in [-0.15, -0.1) is 11.3 Å². The van der Waals surface area contributed by atoms with Crippen molar-refractivity contribution < 1.29 is 14.3 Å². The molecule has 0 spiro atoms. The highest BCUT2D eigenvalue weighted by molar-refractivity contribution is 7.13. The number of carbonyl (C=O) groups is 1. The van der Waals surface area contributed by atoms with Gasteiger partial charge in [-0.2, -0.15) is 5.10 Å². The minimum absolute atomic E-state index is 0.126. The van der Waals surface area contributed by atoms with Crippen molar-refractivity contribution in [2.45, 2.75) is 13.0 Å². The number of thiazole rings is 1. The molecule has 0 N–H and O–H groups in total. The smallest absolute Gasteiger partial charge is 0.273 e. The second-order valence-electron chi connectivity index (χ2n) is 7.13. The third-order valence-corrected chi connectivity index (χ3v) is 6.21. The summed E-state index contributed by atoms with van der Waals surface area (Å²) in [5.74, 6) is 1.13. The molecule has 4 rings (SSSR count). The lowest BCUT2D eigenvalue weighted by molar-refractivity contribution is 0.0737. The molecule has 2 heterocycles. The summed E-state index contributed by atoms with van der Waals surface area (Å²) in [6, 6.07) is 13.3. The van der Waals surface area contributed by atoms with Crippen LogP contribution in [0.1, 0.15) is 29.0 Å². The van der Waals surface area contributed by atoms with Crippen LogP contribution in [-0.4, -0.2) is 51.8 Å². The predicted octanol–water partition coefficient (Wildman–Crippen LogP) is 4.24. The van der Waals surface area contributed by atoms with Crippen LogP contribution >= 0.6 is 11.3 Å². The number of amides is 1. The first-order valence-corrected chi connectivity index (χ1v) is 10.8. The van der Waals surface area contributed by atoms with Crippen molar-refractivity contribution in [1.82, 2.24) is 24.6 Å². The SMILES string of the molecule is COc1ccc(-c2nc(C(=O)N(C)[C@@H](C)c3ccc(-n4cncn4)cc3)cs2)cc1OC. The Morgan fingerprint density at radius 3 is 2.50 bits per heavy atom. The minimum atomic E-state index is -0.138. The lowest BCUT2D eigenvalue weighted by atomic mass is 10.1. The van der Waals surface area contributed by atoms with Crippen molar-refractivity contribution >= 4 is 17.2 Å². The number of methoxy groups -OCH3 is 2. The van der Waals surface area contributed by atoms with Gasteiger partial charge in [0, 0.05) is 18.0 Å². The number of hydrogen-bond acceptors (Lipinski definition) is 7. The van der Waals surface area contributed by atoms with Crippen LogP contribution in [0.4, 0.5) is 0 Å². The molecule has 1 amide bonds. The molecule has 0 aliphatic carbocycles. The number of hydrogen-bond donors (Lipinski definition) is 0. The van der Waals surface area contributed by atoms with E-state index in [1.807, 2.05) is 49.4 Å². The molecule has 164 valence electrons. The molecule has 2 aromatic carbocycles. The van der Waals surface area contributed by atoms with Crippen molar-refractivity contribution in [3.8, 4) is 27.8 Å². The van der Waals surface area contributed by atoms with Crippen LogP contribution in [0.2, 0.25) is 0 Å². The number of rotatable bonds is 7. The topological polar surface area (TPSA) is 82.4 Å². The molecular formula is C23H23N5O3S. The second-order valence-corrected chi connectivity index (χ2v) is 7.99. The van der Waals surface area contributed by atoms with Gasteiger partial charge in [0.1, 0.15) is 23.4 Å². The molecule has 1 atom stereocenters. The molecule has 0 radical (unpaired) electrons. The first kappa shape index (κ1) is 21.5. The average Bonchev–Trinajstić information content (AvgIpc) is 3.55. The summed E-state index contributed by atoms with van der Waals surface area (Å²) in [5, 5.41) is 6.66. The van der Waals surface area contributed by atoms with E-state index in [4.69, 9.17) is 9.47 Å². The van der Waals surface area contributed by atoms with E-state index < -0.39 is 0 Å². The van der Waals surface area contributed by atoms with Crippen LogP contribution in [0, 0.1) is 0 Å². The number of aromatic nitrogens is 4. The molecule has 0 unspecified atom stereocenters. The highest BCUT2D eigenvalue weighted by atomic mass is 32.1. The van der Waals surface area contributed by atoms with E-state index in [1.54, 1.807) is 42.6 Å². The van der Waals surface area contributed by atoms with Gasteiger partial charge in [-0.1, -0.05) is 12.1 Å². The first-order valence-electron chi connectivity index (χ1n) is 9.92. The van der Waals surface area contributed by atoms with Gasteiger partial charge in [-0.3, -0.25) is 4.79 Å². The normalized spacial score (nSPS) is 11.8. The quantitative estimate of drug-likeness (QED) is 0.420. The number of carbonyl (C=O) groups excluding carboxylic acids is 1. The van der Waals surface area contributed by atoms with Crippen molar-refractivity contribution in [3.63, 3.8) is 0 Å². The Kier molecular flexibility index (Phi) is 6.18. The molecule has 2 aromatic heterocycles. The Bertz CT molecular complexity index is 1200. The van der Waals surface area contributed by atoms with Gasteiger partial charge in [0.05, 0.1) is 25.9 Å². The highest BCUT2D eigenvalue weighted by Crippen LogP contribution is 2.34. The zero-order chi connectivity index (χ0) is 22.7. The largest absolute Gasteiger partial charge is 0.493 e. The summed E-state index contributed by atoms with van der Waals surface area (Å²) >= 11 is 1.42. The zero-order valence-electron chi connectivity index (χ0n) is 18.2. The van der Waals surface area contributed by atoms with Gasteiger partial charge in [0.25, 0.3) is 5.91 Å². The van der Waals surface area contributed by atoms with E-state index in [2.05, 4.69) is 15.1 Å². The molecule has 0 aliphatic heterocycles. The van der Waals surface area contributed by atoms with E-state index in [1.165, 1.54) is 17.7 Å². The number of benzene rings is 2. The highest BCUT2D eigenvalue weighted by Gasteiger charge is 2.22. The third kappa shape index (κ3) is 4.19. The summed E-state index contributed by atoms with van der Waals surface area (Å²) in [7, 11) is 4.97. The fourth-order valence-corrected chi connectivity index (χ4v) is 4.09. The first-order chi connectivity index (χ1) is 15.5. The molecular weight excluding hydrogens is 426 g/mol. The van der Waals surface area contributed by atoms with Crippen molar-refractivity contribution in [2.75, 3.05) is 21.3 Å². The monoisotopic (exact) mass is 449 g/mol. The van der Waals surface area contributed by atoms with Gasteiger partial charge in [-0.05, 0) is 42.8 Å². The summed E-state index contributed by atoms with van der Waals surface area (Å²) in [6.07, 6.45) is 3.14. The van der Waals surface area contributed by atoms with Crippen molar-refractivity contribution in [2.24, 2.45) is 0 Å². The summed E-state index contributed by atoms with van der Waals surface area (Å²) in [5.41, 5.74) is 3.20. The Morgan fingerprint density at radius 1 is 1.09 bits per heavy atom. The molecule has 0 bridgehead atoms. The fourth-order valence-electron chi connectivity index (χ4n) is 3.30. The Labute approximate surface area is 190 Å². The van der Waals surface area contributed by atoms with Crippen LogP contribution < -0.4 is 9.47 Å². The molecule has 0 saturated heterocycles. The van der Waals surface area contributed by atoms with E-state index in [0.717, 1.165) is 21.8 Å². The van der Waals surface area contributed by atoms with Gasteiger partial charge in [-0.25, -0.2) is 14.6 Å². The van der Waals surface area contributed by atoms with Crippen LogP contribution in [0.15, 0.2) is 60.5 Å². The minimum Gasteiger partial charge on any atom is -0.493 e. The molecule has 0 fully saturated rings. The van der Waals surface area contributed by atoms with Crippen molar-refractivity contribution in [3.05, 3.63) is 71.8 Å². The molecule has 0 saturated carbocycles. The van der Waals surface area contributed by atoms with Crippen LogP contribution in [0.3, 0.4) is 0 Å².